The van der Waals surface area contributed by atoms with Gasteiger partial charge in [-0.15, -0.1) is 0 Å². The maximum atomic E-state index is 11.2. The highest BCUT2D eigenvalue weighted by atomic mass is 16.5. The predicted octanol–water partition coefficient (Wildman–Crippen LogP) is 1.09. The van der Waals surface area contributed by atoms with Gasteiger partial charge in [0, 0.05) is 19.9 Å². The van der Waals surface area contributed by atoms with Crippen LogP contribution in [0.25, 0.3) is 5.65 Å². The maximum absolute atomic E-state index is 11.2. The lowest BCUT2D eigenvalue weighted by Crippen LogP contribution is -2.12. The largest absolute Gasteiger partial charge is 0.476 e. The van der Waals surface area contributed by atoms with Crippen LogP contribution in [0.2, 0.25) is 0 Å². The van der Waals surface area contributed by atoms with E-state index in [1.54, 1.807) is 25.4 Å². The highest BCUT2D eigenvalue weighted by Crippen LogP contribution is 2.17. The highest BCUT2D eigenvalue weighted by molar-refractivity contribution is 5.92. The number of ether oxygens (including phenoxy) is 1. The first-order valence-electron chi connectivity index (χ1n) is 5.17. The smallest absolute Gasteiger partial charge is 0.356 e. The molecule has 0 spiro atoms. The average molecular weight is 235 g/mol. The van der Waals surface area contributed by atoms with Gasteiger partial charge in [0.1, 0.15) is 5.65 Å². The standard InChI is InChI=1S/C11H13N3O3/c1-17-7-5-12-10-9(11(15)16)14-6-3-2-4-8(14)13-10/h2-4,6,12H,5,7H2,1H3,(H,15,16). The van der Waals surface area contributed by atoms with Crippen LogP contribution in [-0.2, 0) is 4.74 Å². The first-order valence-corrected chi connectivity index (χ1v) is 5.17. The first-order chi connectivity index (χ1) is 8.24. The van der Waals surface area contributed by atoms with Gasteiger partial charge >= 0.3 is 5.97 Å². The molecule has 2 rings (SSSR count). The normalized spacial score (nSPS) is 10.6. The molecule has 2 aromatic rings. The summed E-state index contributed by atoms with van der Waals surface area (Å²) in [6, 6.07) is 5.33. The summed E-state index contributed by atoms with van der Waals surface area (Å²) in [6.45, 7) is 1.01. The Hall–Kier alpha value is -2.08. The van der Waals surface area contributed by atoms with Crippen molar-refractivity contribution in [2.45, 2.75) is 0 Å². The highest BCUT2D eigenvalue weighted by Gasteiger charge is 2.17. The molecule has 0 unspecified atom stereocenters. The Morgan fingerprint density at radius 2 is 2.41 bits per heavy atom. The van der Waals surface area contributed by atoms with Gasteiger partial charge in [-0.3, -0.25) is 4.40 Å². The van der Waals surface area contributed by atoms with E-state index in [9.17, 15) is 9.90 Å². The number of anilines is 1. The van der Waals surface area contributed by atoms with E-state index < -0.39 is 5.97 Å². The van der Waals surface area contributed by atoms with Crippen molar-refractivity contribution in [3.8, 4) is 0 Å². The summed E-state index contributed by atoms with van der Waals surface area (Å²) < 4.78 is 6.43. The zero-order valence-electron chi connectivity index (χ0n) is 9.38. The van der Waals surface area contributed by atoms with Crippen LogP contribution in [0.1, 0.15) is 10.5 Å². The number of nitrogens with zero attached hydrogens (tertiary/aromatic N) is 2. The van der Waals surface area contributed by atoms with Crippen molar-refractivity contribution in [3.05, 3.63) is 30.1 Å². The Kier molecular flexibility index (Phi) is 3.24. The van der Waals surface area contributed by atoms with Crippen LogP contribution in [0.4, 0.5) is 5.82 Å². The number of nitrogens with one attached hydrogen (secondary N) is 1. The summed E-state index contributed by atoms with van der Waals surface area (Å²) in [7, 11) is 1.59. The van der Waals surface area contributed by atoms with Crippen molar-refractivity contribution >= 4 is 17.4 Å². The number of carbonyl (C=O) groups is 1. The number of hydrogen-bond donors (Lipinski definition) is 2. The number of carboxylic acid groups (broad SMARTS) is 1. The third-order valence-electron chi connectivity index (χ3n) is 2.33. The topological polar surface area (TPSA) is 75.9 Å². The number of aromatic nitrogens is 2. The van der Waals surface area contributed by atoms with Gasteiger partial charge in [0.2, 0.25) is 0 Å². The number of hydrogen-bond acceptors (Lipinski definition) is 4. The third-order valence-corrected chi connectivity index (χ3v) is 2.33. The van der Waals surface area contributed by atoms with E-state index in [0.29, 0.717) is 24.6 Å². The summed E-state index contributed by atoms with van der Waals surface area (Å²) in [4.78, 5) is 15.4. The molecule has 2 heterocycles. The number of methoxy groups -OCH3 is 1. The van der Waals surface area contributed by atoms with Gasteiger partial charge in [0.15, 0.2) is 11.5 Å². The van der Waals surface area contributed by atoms with E-state index in [1.165, 1.54) is 4.40 Å². The maximum Gasteiger partial charge on any atom is 0.356 e. The Balaban J connectivity index is 2.39. The minimum atomic E-state index is -1.01. The van der Waals surface area contributed by atoms with Crippen LogP contribution in [-0.4, -0.2) is 40.7 Å². The number of rotatable bonds is 5. The van der Waals surface area contributed by atoms with Crippen molar-refractivity contribution in [2.75, 3.05) is 25.6 Å². The lowest BCUT2D eigenvalue weighted by Gasteiger charge is -2.03. The minimum Gasteiger partial charge on any atom is -0.476 e. The van der Waals surface area contributed by atoms with Crippen LogP contribution in [0, 0.1) is 0 Å². The van der Waals surface area contributed by atoms with Crippen molar-refractivity contribution in [1.29, 1.82) is 0 Å². The second-order valence-electron chi connectivity index (χ2n) is 3.46. The van der Waals surface area contributed by atoms with Crippen LogP contribution in [0.5, 0.6) is 0 Å². The zero-order chi connectivity index (χ0) is 12.3. The molecule has 0 saturated carbocycles. The van der Waals surface area contributed by atoms with Crippen LogP contribution in [0.15, 0.2) is 24.4 Å². The Bertz CT molecular complexity index is 536. The van der Waals surface area contributed by atoms with Crippen LogP contribution < -0.4 is 5.32 Å². The van der Waals surface area contributed by atoms with E-state index >= 15 is 0 Å². The number of pyridine rings is 1. The predicted molar refractivity (Wildman–Crippen MR) is 62.5 cm³/mol. The molecule has 0 amide bonds. The van der Waals surface area contributed by atoms with Crippen molar-refractivity contribution in [2.24, 2.45) is 0 Å². The summed E-state index contributed by atoms with van der Waals surface area (Å²) in [5, 5.41) is 12.1. The lowest BCUT2D eigenvalue weighted by molar-refractivity contribution is 0.0690. The van der Waals surface area contributed by atoms with E-state index in [2.05, 4.69) is 10.3 Å². The molecule has 0 saturated heterocycles. The minimum absolute atomic E-state index is 0.136. The molecule has 0 aliphatic carbocycles. The summed E-state index contributed by atoms with van der Waals surface area (Å²) in [5.41, 5.74) is 0.738. The van der Waals surface area contributed by atoms with Gasteiger partial charge in [-0.1, -0.05) is 6.07 Å². The van der Waals surface area contributed by atoms with E-state index in [4.69, 9.17) is 4.74 Å². The van der Waals surface area contributed by atoms with E-state index in [1.807, 2.05) is 6.07 Å². The number of imidazole rings is 1. The molecule has 0 aliphatic rings. The third kappa shape index (κ3) is 2.21. The van der Waals surface area contributed by atoms with Gasteiger partial charge in [-0.25, -0.2) is 9.78 Å². The fourth-order valence-corrected chi connectivity index (χ4v) is 1.59. The quantitative estimate of drug-likeness (QED) is 0.759. The number of carboxylic acids is 1. The Morgan fingerprint density at radius 1 is 1.59 bits per heavy atom. The zero-order valence-corrected chi connectivity index (χ0v) is 9.38. The molecule has 2 N–H and O–H groups in total. The lowest BCUT2D eigenvalue weighted by atomic mass is 10.4. The summed E-state index contributed by atoms with van der Waals surface area (Å²) in [5.74, 6) is -0.649. The SMILES string of the molecule is COCCNc1nc2ccccn2c1C(=O)O. The summed E-state index contributed by atoms with van der Waals surface area (Å²) >= 11 is 0. The molecule has 6 heteroatoms. The van der Waals surface area contributed by atoms with Gasteiger partial charge < -0.3 is 15.2 Å². The van der Waals surface area contributed by atoms with Gasteiger partial charge in [-0.2, -0.15) is 0 Å². The molecule has 0 aromatic carbocycles. The molecular formula is C11H13N3O3. The molecule has 0 bridgehead atoms. The first kappa shape index (κ1) is 11.4. The van der Waals surface area contributed by atoms with Crippen molar-refractivity contribution in [1.82, 2.24) is 9.38 Å². The van der Waals surface area contributed by atoms with Crippen LogP contribution >= 0.6 is 0 Å². The second kappa shape index (κ2) is 4.84. The second-order valence-corrected chi connectivity index (χ2v) is 3.46. The fraction of sp³-hybridized carbons (Fsp3) is 0.273. The Labute approximate surface area is 97.8 Å². The molecule has 0 fully saturated rings. The number of aromatic carboxylic acids is 1. The molecule has 0 aliphatic heterocycles. The van der Waals surface area contributed by atoms with Crippen molar-refractivity contribution < 1.29 is 14.6 Å². The van der Waals surface area contributed by atoms with Gasteiger partial charge in [-0.05, 0) is 12.1 Å². The van der Waals surface area contributed by atoms with Gasteiger partial charge in [0.25, 0.3) is 0 Å². The van der Waals surface area contributed by atoms with E-state index in [-0.39, 0.29) is 5.69 Å². The Morgan fingerprint density at radius 3 is 3.12 bits per heavy atom. The number of fused-ring (bicyclic) bond motifs is 1. The van der Waals surface area contributed by atoms with Crippen molar-refractivity contribution in [3.63, 3.8) is 0 Å². The molecule has 0 radical (unpaired) electrons. The molecular weight excluding hydrogens is 222 g/mol. The molecule has 6 nitrogen and oxygen atoms in total. The van der Waals surface area contributed by atoms with Gasteiger partial charge in [0.05, 0.1) is 6.61 Å². The molecule has 2 aromatic heterocycles. The fourth-order valence-electron chi connectivity index (χ4n) is 1.59. The monoisotopic (exact) mass is 235 g/mol. The van der Waals surface area contributed by atoms with E-state index in [0.717, 1.165) is 0 Å². The molecule has 0 atom stereocenters. The van der Waals surface area contributed by atoms with Crippen LogP contribution in [0.3, 0.4) is 0 Å². The molecule has 17 heavy (non-hydrogen) atoms. The summed E-state index contributed by atoms with van der Waals surface area (Å²) in [6.07, 6.45) is 1.67. The average Bonchev–Trinajstić information content (AvgIpc) is 2.67. The molecule has 90 valence electrons.